The first-order valence-electron chi connectivity index (χ1n) is 22.8. The number of carbonyl (C=O) groups excluding carboxylic acids is 1. The molecule has 0 spiro atoms. The average molecular weight is 887 g/mol. The zero-order valence-electron chi connectivity index (χ0n) is 40.0. The molecule has 3 aliphatic heterocycles. The molecule has 63 heavy (non-hydrogen) atoms. The summed E-state index contributed by atoms with van der Waals surface area (Å²) in [6.45, 7) is 16.1. The molecule has 0 aliphatic carbocycles. The van der Waals surface area contributed by atoms with Crippen molar-refractivity contribution in [1.29, 1.82) is 0 Å². The van der Waals surface area contributed by atoms with Gasteiger partial charge < -0.3 is 63.0 Å². The molecule has 3 aliphatic rings. The van der Waals surface area contributed by atoms with Gasteiger partial charge in [-0.25, -0.2) is 0 Å². The quantitative estimate of drug-likeness (QED) is 0.247. The average Bonchev–Trinajstić information content (AvgIpc) is 3.25. The number of esters is 1. The Kier molecular flexibility index (Phi) is 18.0. The van der Waals surface area contributed by atoms with Gasteiger partial charge >= 0.3 is 5.97 Å². The van der Waals surface area contributed by atoms with Crippen molar-refractivity contribution < 1.29 is 58.0 Å². The molecule has 2 aromatic carbocycles. The molecule has 14 heteroatoms. The second-order valence-corrected chi connectivity index (χ2v) is 19.4. The van der Waals surface area contributed by atoms with Crippen LogP contribution in [-0.4, -0.2) is 165 Å². The maximum atomic E-state index is 14.8. The molecule has 3 saturated heterocycles. The van der Waals surface area contributed by atoms with Gasteiger partial charge in [0.1, 0.15) is 30.7 Å². The summed E-state index contributed by atoms with van der Waals surface area (Å²) in [7, 11) is 8.95. The van der Waals surface area contributed by atoms with Crippen LogP contribution in [0.4, 0.5) is 0 Å². The highest BCUT2D eigenvalue weighted by atomic mass is 16.7. The van der Waals surface area contributed by atoms with E-state index in [0.717, 1.165) is 11.1 Å². The molecule has 3 fully saturated rings. The summed E-state index contributed by atoms with van der Waals surface area (Å²) in [6, 6.07) is 17.5. The number of para-hydroxylation sites is 1. The number of likely N-dealkylation sites (N-methyl/N-ethyl adjacent to an activating group) is 2. The first-order chi connectivity index (χ1) is 29.7. The van der Waals surface area contributed by atoms with Gasteiger partial charge in [0.05, 0.1) is 47.6 Å². The summed E-state index contributed by atoms with van der Waals surface area (Å²) in [4.78, 5) is 18.8. The van der Waals surface area contributed by atoms with Crippen molar-refractivity contribution in [3.05, 3.63) is 54.6 Å². The zero-order chi connectivity index (χ0) is 46.4. The number of rotatable bonds is 11. The van der Waals surface area contributed by atoms with Crippen LogP contribution in [0.5, 0.6) is 5.75 Å². The Morgan fingerprint density at radius 1 is 0.810 bits per heavy atom. The van der Waals surface area contributed by atoms with Gasteiger partial charge in [0, 0.05) is 51.3 Å². The number of benzene rings is 2. The van der Waals surface area contributed by atoms with Gasteiger partial charge in [0.25, 0.3) is 0 Å². The molecule has 0 unspecified atom stereocenters. The van der Waals surface area contributed by atoms with Gasteiger partial charge in [0.2, 0.25) is 0 Å². The van der Waals surface area contributed by atoms with Gasteiger partial charge in [-0.05, 0) is 92.1 Å². The van der Waals surface area contributed by atoms with Crippen molar-refractivity contribution in [1.82, 2.24) is 9.80 Å². The third-order valence-electron chi connectivity index (χ3n) is 14.0. The normalized spacial score (nSPS) is 40.5. The maximum absolute atomic E-state index is 14.8. The van der Waals surface area contributed by atoms with Crippen LogP contribution < -0.4 is 4.74 Å². The molecule has 0 bridgehead atoms. The molecule has 14 nitrogen and oxygen atoms in total. The zero-order valence-corrected chi connectivity index (χ0v) is 40.0. The molecule has 0 radical (unpaired) electrons. The Bertz CT molecular complexity index is 1720. The van der Waals surface area contributed by atoms with Crippen molar-refractivity contribution >= 4 is 5.97 Å². The summed E-state index contributed by atoms with van der Waals surface area (Å²) in [5.41, 5.74) is -0.196. The van der Waals surface area contributed by atoms with E-state index in [1.165, 1.54) is 0 Å². The molecule has 0 amide bonds. The van der Waals surface area contributed by atoms with Crippen molar-refractivity contribution in [2.75, 3.05) is 55.1 Å². The number of ether oxygens (including phenoxy) is 8. The number of methoxy groups -OCH3 is 2. The second-order valence-electron chi connectivity index (χ2n) is 19.4. The number of hydrogen-bond donors (Lipinski definition) is 3. The molecule has 3 N–H and O–H groups in total. The van der Waals surface area contributed by atoms with Gasteiger partial charge in [-0.15, -0.1) is 0 Å². The van der Waals surface area contributed by atoms with Crippen LogP contribution >= 0.6 is 0 Å². The summed E-state index contributed by atoms with van der Waals surface area (Å²) < 4.78 is 51.9. The van der Waals surface area contributed by atoms with E-state index in [1.54, 1.807) is 28.1 Å². The van der Waals surface area contributed by atoms with E-state index < -0.39 is 84.3 Å². The van der Waals surface area contributed by atoms with Crippen LogP contribution in [0.1, 0.15) is 74.7 Å². The molecule has 0 aromatic heterocycles. The van der Waals surface area contributed by atoms with Gasteiger partial charge in [-0.2, -0.15) is 0 Å². The fourth-order valence-corrected chi connectivity index (χ4v) is 10.1. The monoisotopic (exact) mass is 887 g/mol. The van der Waals surface area contributed by atoms with E-state index in [1.807, 2.05) is 122 Å². The van der Waals surface area contributed by atoms with Crippen LogP contribution in [0.3, 0.4) is 0 Å². The van der Waals surface area contributed by atoms with Crippen LogP contribution in [-0.2, 0) is 38.0 Å². The van der Waals surface area contributed by atoms with Crippen molar-refractivity contribution in [3.63, 3.8) is 0 Å². The lowest BCUT2D eigenvalue weighted by Crippen LogP contribution is -2.61. The van der Waals surface area contributed by atoms with E-state index in [-0.39, 0.29) is 37.0 Å². The molecule has 5 rings (SSSR count). The maximum Gasteiger partial charge on any atom is 0.311 e. The number of hydrogen-bond acceptors (Lipinski definition) is 14. The standard InChI is InChI=1S/C49H78N2O12/c1-29-24-49(8,57-13)45(63-47-42(53)38(50(9)10)23-31(3)59-47)32(4)43(62-40-25-48(7,56-12)44(54)34(6)60-40)33(5)46(55)61-36(27-51(11)26-30(2)41(29)52)28-58-39-22-18-17-21-37(39)35-19-15-14-16-20-35/h14-22,29-34,36,38,40-45,47,52-54H,23-28H2,1-13H3/t29-,30-,31-,32+,33-,34+,36-,38+,40+,41+,42-,43+,44+,45-,47+,48-,49+/m1/s1. The van der Waals surface area contributed by atoms with Crippen molar-refractivity contribution in [2.24, 2.45) is 23.7 Å². The fraction of sp³-hybridized carbons (Fsp3) is 0.735. The van der Waals surface area contributed by atoms with Crippen LogP contribution in [0.15, 0.2) is 54.6 Å². The highest BCUT2D eigenvalue weighted by Gasteiger charge is 2.52. The lowest BCUT2D eigenvalue weighted by Gasteiger charge is -2.49. The molecule has 2 aromatic rings. The topological polar surface area (TPSA) is 158 Å². The minimum Gasteiger partial charge on any atom is -0.489 e. The van der Waals surface area contributed by atoms with E-state index in [0.29, 0.717) is 31.7 Å². The summed E-state index contributed by atoms with van der Waals surface area (Å²) in [5, 5.41) is 34.9. The largest absolute Gasteiger partial charge is 0.489 e. The molecule has 0 saturated carbocycles. The summed E-state index contributed by atoms with van der Waals surface area (Å²) in [6.07, 6.45) is -6.93. The van der Waals surface area contributed by atoms with E-state index in [2.05, 4.69) is 4.90 Å². The Balaban J connectivity index is 1.57. The van der Waals surface area contributed by atoms with Gasteiger partial charge in [0.15, 0.2) is 12.6 Å². The SMILES string of the molecule is CO[C@]1(C)C[C@H](O[C@H]2[C@H](C)[C@@H](O[C@@H]3O[C@H](C)C[C@H](N(C)C)[C@H]3O)[C@@](C)(OC)C[C@@H](C)[C@H](O)[C@H](C)CN(C)C[C@H](COc3ccccc3-c3ccccc3)OC(=O)[C@@H]2C)O[C@@H](C)[C@@H]1O. The molecular formula is C49H78N2O12. The fourth-order valence-electron chi connectivity index (χ4n) is 10.1. The van der Waals surface area contributed by atoms with E-state index in [4.69, 9.17) is 37.9 Å². The molecular weight excluding hydrogens is 809 g/mol. The highest BCUT2D eigenvalue weighted by molar-refractivity contribution is 5.73. The number of aliphatic hydroxyl groups excluding tert-OH is 3. The highest BCUT2D eigenvalue weighted by Crippen LogP contribution is 2.41. The Morgan fingerprint density at radius 2 is 1.46 bits per heavy atom. The third-order valence-corrected chi connectivity index (χ3v) is 14.0. The second kappa shape index (κ2) is 22.2. The molecule has 356 valence electrons. The first kappa shape index (κ1) is 51.3. The first-order valence-corrected chi connectivity index (χ1v) is 22.8. The van der Waals surface area contributed by atoms with Crippen LogP contribution in [0.25, 0.3) is 11.1 Å². The number of aliphatic hydroxyl groups is 3. The molecule has 3 heterocycles. The predicted molar refractivity (Wildman–Crippen MR) is 240 cm³/mol. The van der Waals surface area contributed by atoms with E-state index in [9.17, 15) is 20.1 Å². The Morgan fingerprint density at radius 3 is 2.11 bits per heavy atom. The third kappa shape index (κ3) is 12.4. The summed E-state index contributed by atoms with van der Waals surface area (Å²) >= 11 is 0. The number of nitrogens with zero attached hydrogens (tertiary/aromatic N) is 2. The number of cyclic esters (lactones) is 1. The minimum absolute atomic E-state index is 0.0595. The van der Waals surface area contributed by atoms with Crippen LogP contribution in [0.2, 0.25) is 0 Å². The predicted octanol–water partition coefficient (Wildman–Crippen LogP) is 5.39. The lowest BCUT2D eigenvalue weighted by atomic mass is 9.75. The van der Waals surface area contributed by atoms with E-state index >= 15 is 0 Å². The van der Waals surface area contributed by atoms with Gasteiger partial charge in [-0.1, -0.05) is 69.3 Å². The van der Waals surface area contributed by atoms with Crippen LogP contribution in [0, 0.1) is 23.7 Å². The Labute approximate surface area is 376 Å². The lowest BCUT2D eigenvalue weighted by molar-refractivity contribution is -0.319. The van der Waals surface area contributed by atoms with Gasteiger partial charge in [-0.3, -0.25) is 4.79 Å². The number of carbonyl (C=O) groups is 1. The Hall–Kier alpha value is -2.73. The summed E-state index contributed by atoms with van der Waals surface area (Å²) in [5.74, 6) is -1.88. The minimum atomic E-state index is -1.10. The molecule has 17 atom stereocenters. The van der Waals surface area contributed by atoms with Crippen molar-refractivity contribution in [3.8, 4) is 16.9 Å². The van der Waals surface area contributed by atoms with Crippen molar-refractivity contribution in [2.45, 2.75) is 153 Å². The smallest absolute Gasteiger partial charge is 0.311 e.